The minimum absolute atomic E-state index is 0.234. The van der Waals surface area contributed by atoms with Gasteiger partial charge in [0.1, 0.15) is 12.4 Å². The van der Waals surface area contributed by atoms with Crippen molar-refractivity contribution in [2.75, 3.05) is 6.61 Å². The van der Waals surface area contributed by atoms with E-state index in [9.17, 15) is 17.6 Å². The lowest BCUT2D eigenvalue weighted by Crippen LogP contribution is -2.18. The van der Waals surface area contributed by atoms with Crippen molar-refractivity contribution in [2.45, 2.75) is 19.2 Å². The first-order valence-electron chi connectivity index (χ1n) is 10.5. The second-order valence-corrected chi connectivity index (χ2v) is 7.63. The van der Waals surface area contributed by atoms with E-state index in [0.717, 1.165) is 12.1 Å². The highest BCUT2D eigenvalue weighted by atomic mass is 19.4. The maximum atomic E-state index is 15.1. The highest BCUT2D eigenvalue weighted by Gasteiger charge is 2.32. The second kappa shape index (κ2) is 10.1. The fraction of sp³-hybridized carbons (Fsp3) is 0.154. The van der Waals surface area contributed by atoms with E-state index in [2.05, 4.69) is 21.3 Å². The summed E-state index contributed by atoms with van der Waals surface area (Å²) in [7, 11) is 0. The van der Waals surface area contributed by atoms with Gasteiger partial charge in [-0.2, -0.15) is 0 Å². The Balaban J connectivity index is 1.49. The van der Waals surface area contributed by atoms with Gasteiger partial charge in [0.15, 0.2) is 23.1 Å². The van der Waals surface area contributed by atoms with Gasteiger partial charge in [-0.1, -0.05) is 43.0 Å². The number of hydrogen-bond acceptors (Lipinski definition) is 4. The lowest BCUT2D eigenvalue weighted by Gasteiger charge is -2.11. The smallest absolute Gasteiger partial charge is 0.486 e. The van der Waals surface area contributed by atoms with E-state index in [-0.39, 0.29) is 12.8 Å². The molecule has 0 N–H and O–H groups in total. The van der Waals surface area contributed by atoms with Crippen LogP contribution in [0, 0.1) is 11.6 Å². The average molecular weight is 486 g/mol. The van der Waals surface area contributed by atoms with E-state index in [1.54, 1.807) is 48.8 Å². The number of halogens is 5. The molecule has 4 aromatic rings. The summed E-state index contributed by atoms with van der Waals surface area (Å²) in [5.74, 6) is -1.49. The molecule has 4 nitrogen and oxygen atoms in total. The summed E-state index contributed by atoms with van der Waals surface area (Å²) in [6.45, 7) is 3.92. The molecule has 0 aliphatic rings. The third kappa shape index (κ3) is 5.92. The van der Waals surface area contributed by atoms with E-state index < -0.39 is 23.7 Å². The monoisotopic (exact) mass is 486 g/mol. The summed E-state index contributed by atoms with van der Waals surface area (Å²) in [6, 6.07) is 11.7. The molecule has 0 saturated carbocycles. The third-order valence-electron chi connectivity index (χ3n) is 5.19. The van der Waals surface area contributed by atoms with Crippen molar-refractivity contribution < 1.29 is 31.4 Å². The molecule has 180 valence electrons. The van der Waals surface area contributed by atoms with Crippen LogP contribution in [0.1, 0.15) is 11.1 Å². The Morgan fingerprint density at radius 1 is 0.914 bits per heavy atom. The second-order valence-electron chi connectivity index (χ2n) is 7.63. The summed E-state index contributed by atoms with van der Waals surface area (Å²) in [5.41, 5.74) is 1.53. The van der Waals surface area contributed by atoms with Gasteiger partial charge in [0.25, 0.3) is 0 Å². The molecule has 0 unspecified atom stereocenters. The van der Waals surface area contributed by atoms with Gasteiger partial charge in [-0.05, 0) is 47.6 Å². The molecule has 4 rings (SSSR count). The maximum Gasteiger partial charge on any atom is 0.573 e. The molecule has 0 atom stereocenters. The van der Waals surface area contributed by atoms with E-state index in [1.807, 2.05) is 0 Å². The molecular formula is C26H19F5N2O2. The number of fused-ring (bicyclic) bond motifs is 1. The number of nitrogens with zero attached hydrogens (tertiary/aromatic N) is 2. The summed E-state index contributed by atoms with van der Waals surface area (Å²) >= 11 is 0. The van der Waals surface area contributed by atoms with Gasteiger partial charge >= 0.3 is 6.36 Å². The Morgan fingerprint density at radius 3 is 2.37 bits per heavy atom. The number of benzene rings is 3. The highest BCUT2D eigenvalue weighted by Crippen LogP contribution is 2.29. The van der Waals surface area contributed by atoms with Gasteiger partial charge in [0.2, 0.25) is 0 Å². The first-order valence-corrected chi connectivity index (χ1v) is 10.5. The van der Waals surface area contributed by atoms with E-state index in [0.29, 0.717) is 45.6 Å². The van der Waals surface area contributed by atoms with Crippen LogP contribution in [0.3, 0.4) is 0 Å². The lowest BCUT2D eigenvalue weighted by molar-refractivity contribution is -0.275. The van der Waals surface area contributed by atoms with E-state index in [1.165, 1.54) is 6.07 Å². The van der Waals surface area contributed by atoms with Crippen LogP contribution < -0.4 is 9.47 Å². The topological polar surface area (TPSA) is 44.2 Å². The molecule has 35 heavy (non-hydrogen) atoms. The van der Waals surface area contributed by atoms with Crippen molar-refractivity contribution >= 4 is 10.8 Å². The Bertz CT molecular complexity index is 1350. The molecule has 1 aromatic heterocycles. The normalized spacial score (nSPS) is 11.5. The van der Waals surface area contributed by atoms with Gasteiger partial charge in [-0.15, -0.1) is 13.2 Å². The zero-order chi connectivity index (χ0) is 25.0. The maximum absolute atomic E-state index is 15.1. The fourth-order valence-corrected chi connectivity index (χ4v) is 3.55. The quantitative estimate of drug-likeness (QED) is 0.202. The number of hydrogen-bond donors (Lipinski definition) is 0. The summed E-state index contributed by atoms with van der Waals surface area (Å²) in [5, 5.41) is 1.05. The van der Waals surface area contributed by atoms with Crippen molar-refractivity contribution in [1.29, 1.82) is 0 Å². The van der Waals surface area contributed by atoms with Crippen molar-refractivity contribution in [3.8, 4) is 22.9 Å². The van der Waals surface area contributed by atoms with E-state index >= 15 is 4.39 Å². The zero-order valence-electron chi connectivity index (χ0n) is 18.3. The number of rotatable bonds is 8. The molecule has 1 heterocycles. The zero-order valence-corrected chi connectivity index (χ0v) is 18.3. The molecule has 0 fully saturated rings. The minimum atomic E-state index is -4.98. The number of aromatic nitrogens is 2. The molecule has 3 aromatic carbocycles. The standard InChI is InChI=1S/C26H19F5N2O2/c1-2-11-34-20-14-32-25(33-15-20)19-8-9-21-18(13-19)7-6-17(24(21)28)5-3-16-4-10-23(22(27)12-16)35-26(29,30)31/h2,4,6-10,12-15H,1,3,5,11H2. The molecule has 0 bridgehead atoms. The van der Waals surface area contributed by atoms with Crippen LogP contribution in [0.15, 0.2) is 73.6 Å². The van der Waals surface area contributed by atoms with Crippen molar-refractivity contribution in [2.24, 2.45) is 0 Å². The van der Waals surface area contributed by atoms with Crippen LogP contribution in [-0.4, -0.2) is 22.9 Å². The average Bonchev–Trinajstić information content (AvgIpc) is 2.83. The summed E-state index contributed by atoms with van der Waals surface area (Å²) in [4.78, 5) is 8.56. The molecule has 0 saturated heterocycles. The number of ether oxygens (including phenoxy) is 2. The molecular weight excluding hydrogens is 467 g/mol. The Morgan fingerprint density at radius 2 is 1.69 bits per heavy atom. The molecule has 0 amide bonds. The van der Waals surface area contributed by atoms with Crippen LogP contribution in [0.5, 0.6) is 11.5 Å². The SMILES string of the molecule is C=CCOc1cnc(-c2ccc3c(F)c(CCc4ccc(OC(F)(F)F)c(F)c4)ccc3c2)nc1. The number of aryl methyl sites for hydroxylation is 2. The van der Waals surface area contributed by atoms with Gasteiger partial charge in [0, 0.05) is 10.9 Å². The third-order valence-corrected chi connectivity index (χ3v) is 5.19. The Labute approximate surface area is 197 Å². The minimum Gasteiger partial charge on any atom is -0.486 e. The first kappa shape index (κ1) is 24.1. The first-order chi connectivity index (χ1) is 16.7. The molecule has 9 heteroatoms. The molecule has 0 aliphatic carbocycles. The predicted molar refractivity (Wildman–Crippen MR) is 121 cm³/mol. The fourth-order valence-electron chi connectivity index (χ4n) is 3.55. The molecule has 0 aliphatic heterocycles. The van der Waals surface area contributed by atoms with Crippen LogP contribution in [0.2, 0.25) is 0 Å². The molecule has 0 spiro atoms. The highest BCUT2D eigenvalue weighted by molar-refractivity contribution is 5.87. The van der Waals surface area contributed by atoms with E-state index in [4.69, 9.17) is 4.74 Å². The van der Waals surface area contributed by atoms with Crippen LogP contribution in [-0.2, 0) is 12.8 Å². The number of alkyl halides is 3. The van der Waals surface area contributed by atoms with Gasteiger partial charge < -0.3 is 9.47 Å². The lowest BCUT2D eigenvalue weighted by atomic mass is 9.99. The predicted octanol–water partition coefficient (Wildman–Crippen LogP) is 6.82. The van der Waals surface area contributed by atoms with Crippen LogP contribution in [0.4, 0.5) is 22.0 Å². The van der Waals surface area contributed by atoms with Crippen molar-refractivity contribution in [1.82, 2.24) is 9.97 Å². The Kier molecular flexibility index (Phi) is 6.95. The van der Waals surface area contributed by atoms with Gasteiger partial charge in [0.05, 0.1) is 12.4 Å². The van der Waals surface area contributed by atoms with Crippen molar-refractivity contribution in [3.63, 3.8) is 0 Å². The van der Waals surface area contributed by atoms with Crippen LogP contribution >= 0.6 is 0 Å². The summed E-state index contributed by atoms with van der Waals surface area (Å²) in [6.07, 6.45) is 0.192. The largest absolute Gasteiger partial charge is 0.573 e. The van der Waals surface area contributed by atoms with Crippen LogP contribution in [0.25, 0.3) is 22.2 Å². The molecule has 0 radical (unpaired) electrons. The van der Waals surface area contributed by atoms with Gasteiger partial charge in [-0.25, -0.2) is 18.7 Å². The van der Waals surface area contributed by atoms with Crippen molar-refractivity contribution in [3.05, 3.63) is 96.3 Å². The Hall–Kier alpha value is -4.01. The summed E-state index contributed by atoms with van der Waals surface area (Å²) < 4.78 is 74.9. The van der Waals surface area contributed by atoms with Gasteiger partial charge in [-0.3, -0.25) is 0 Å².